The first-order valence-corrected chi connectivity index (χ1v) is 5.32. The third kappa shape index (κ3) is 2.53. The first kappa shape index (κ1) is 10.5. The van der Waals surface area contributed by atoms with Gasteiger partial charge in [0.2, 0.25) is 0 Å². The van der Waals surface area contributed by atoms with E-state index >= 15 is 0 Å². The molecule has 0 aromatic carbocycles. The second-order valence-corrected chi connectivity index (χ2v) is 3.63. The van der Waals surface area contributed by atoms with Crippen LogP contribution < -0.4 is 10.6 Å². The molecule has 0 aliphatic carbocycles. The molecule has 1 aromatic heterocycles. The maximum Gasteiger partial charge on any atom is 0.0909 e. The fourth-order valence-electron chi connectivity index (χ4n) is 1.88. The summed E-state index contributed by atoms with van der Waals surface area (Å²) in [5.74, 6) is 0. The Morgan fingerprint density at radius 2 is 2.53 bits per heavy atom. The molecule has 2 heterocycles. The van der Waals surface area contributed by atoms with Crippen molar-refractivity contribution in [3.8, 4) is 0 Å². The molecule has 1 aromatic rings. The van der Waals surface area contributed by atoms with Crippen LogP contribution in [0.15, 0.2) is 24.4 Å². The minimum Gasteiger partial charge on any atom is -0.374 e. The van der Waals surface area contributed by atoms with Crippen LogP contribution in [0.5, 0.6) is 0 Å². The molecule has 4 nitrogen and oxygen atoms in total. The van der Waals surface area contributed by atoms with E-state index in [1.54, 1.807) is 0 Å². The number of nitrogens with zero attached hydrogens (tertiary/aromatic N) is 1. The number of hydrogen-bond acceptors (Lipinski definition) is 4. The van der Waals surface area contributed by atoms with Gasteiger partial charge in [-0.3, -0.25) is 4.98 Å². The third-order valence-electron chi connectivity index (χ3n) is 2.65. The molecule has 2 N–H and O–H groups in total. The molecule has 82 valence electrons. The van der Waals surface area contributed by atoms with E-state index in [2.05, 4.69) is 15.6 Å². The van der Waals surface area contributed by atoms with Crippen molar-refractivity contribution in [3.05, 3.63) is 30.1 Å². The normalized spacial score (nSPS) is 23.7. The number of aromatic nitrogens is 1. The Kier molecular flexibility index (Phi) is 3.66. The quantitative estimate of drug-likeness (QED) is 0.750. The van der Waals surface area contributed by atoms with E-state index in [-0.39, 0.29) is 12.1 Å². The highest BCUT2D eigenvalue weighted by Gasteiger charge is 2.25. The molecular weight excluding hydrogens is 190 g/mol. The van der Waals surface area contributed by atoms with Gasteiger partial charge in [0.05, 0.1) is 24.4 Å². The number of pyridine rings is 1. The molecule has 2 atom stereocenters. The zero-order chi connectivity index (χ0) is 10.5. The van der Waals surface area contributed by atoms with E-state index in [1.165, 1.54) is 0 Å². The predicted molar refractivity (Wildman–Crippen MR) is 58.6 cm³/mol. The first-order chi connectivity index (χ1) is 7.42. The van der Waals surface area contributed by atoms with E-state index in [4.69, 9.17) is 4.74 Å². The molecule has 0 radical (unpaired) electrons. The van der Waals surface area contributed by atoms with Gasteiger partial charge in [-0.1, -0.05) is 6.07 Å². The van der Waals surface area contributed by atoms with Gasteiger partial charge in [0.15, 0.2) is 0 Å². The first-order valence-electron chi connectivity index (χ1n) is 5.32. The minimum absolute atomic E-state index is 0.165. The van der Waals surface area contributed by atoms with Crippen LogP contribution in [0.1, 0.15) is 11.7 Å². The molecule has 0 bridgehead atoms. The summed E-state index contributed by atoms with van der Waals surface area (Å²) in [5, 5.41) is 6.59. The fraction of sp³-hybridized carbons (Fsp3) is 0.545. The number of likely N-dealkylation sites (N-methyl/N-ethyl adjacent to an activating group) is 1. The largest absolute Gasteiger partial charge is 0.374 e. The van der Waals surface area contributed by atoms with Gasteiger partial charge in [0, 0.05) is 19.3 Å². The second kappa shape index (κ2) is 5.21. The second-order valence-electron chi connectivity index (χ2n) is 3.63. The molecule has 1 fully saturated rings. The summed E-state index contributed by atoms with van der Waals surface area (Å²) in [6, 6.07) is 6.12. The summed E-state index contributed by atoms with van der Waals surface area (Å²) in [5.41, 5.74) is 1.04. The van der Waals surface area contributed by atoms with Crippen molar-refractivity contribution in [2.75, 3.05) is 26.7 Å². The lowest BCUT2D eigenvalue weighted by Crippen LogP contribution is -2.45. The summed E-state index contributed by atoms with van der Waals surface area (Å²) in [6.07, 6.45) is 1.98. The van der Waals surface area contributed by atoms with E-state index in [1.807, 2.05) is 31.4 Å². The summed E-state index contributed by atoms with van der Waals surface area (Å²) in [7, 11) is 1.94. The Bertz CT molecular complexity index is 285. The molecule has 2 rings (SSSR count). The number of morpholine rings is 1. The molecular formula is C11H17N3O. The smallest absolute Gasteiger partial charge is 0.0909 e. The molecule has 0 spiro atoms. The monoisotopic (exact) mass is 207 g/mol. The van der Waals surface area contributed by atoms with Gasteiger partial charge in [-0.2, -0.15) is 0 Å². The predicted octanol–water partition coefficient (Wildman–Crippen LogP) is 0.330. The van der Waals surface area contributed by atoms with Gasteiger partial charge in [0.1, 0.15) is 0 Å². The number of hydrogen-bond donors (Lipinski definition) is 2. The number of nitrogens with one attached hydrogen (secondary N) is 2. The fourth-order valence-corrected chi connectivity index (χ4v) is 1.88. The van der Waals surface area contributed by atoms with Crippen molar-refractivity contribution < 1.29 is 4.74 Å². The molecule has 1 saturated heterocycles. The van der Waals surface area contributed by atoms with Crippen LogP contribution in [0, 0.1) is 0 Å². The van der Waals surface area contributed by atoms with E-state index in [9.17, 15) is 0 Å². The Morgan fingerprint density at radius 3 is 3.13 bits per heavy atom. The van der Waals surface area contributed by atoms with Crippen LogP contribution in [-0.2, 0) is 4.74 Å². The highest BCUT2D eigenvalue weighted by Crippen LogP contribution is 2.17. The van der Waals surface area contributed by atoms with Crippen molar-refractivity contribution in [1.29, 1.82) is 0 Å². The van der Waals surface area contributed by atoms with Crippen LogP contribution in [-0.4, -0.2) is 37.8 Å². The SMILES string of the molecule is CNC(c1ccccn1)C1CNCCO1. The average Bonchev–Trinajstić information content (AvgIpc) is 2.33. The summed E-state index contributed by atoms with van der Waals surface area (Å²) in [6.45, 7) is 2.59. The van der Waals surface area contributed by atoms with E-state index in [0.29, 0.717) is 0 Å². The zero-order valence-corrected chi connectivity index (χ0v) is 8.94. The average molecular weight is 207 g/mol. The van der Waals surface area contributed by atoms with Crippen molar-refractivity contribution in [2.24, 2.45) is 0 Å². The lowest BCUT2D eigenvalue weighted by Gasteiger charge is -2.30. The van der Waals surface area contributed by atoms with Crippen molar-refractivity contribution in [2.45, 2.75) is 12.1 Å². The molecule has 1 aliphatic rings. The molecule has 0 saturated carbocycles. The van der Waals surface area contributed by atoms with Crippen LogP contribution in [0.4, 0.5) is 0 Å². The Labute approximate surface area is 90.0 Å². The van der Waals surface area contributed by atoms with Crippen LogP contribution >= 0.6 is 0 Å². The zero-order valence-electron chi connectivity index (χ0n) is 8.94. The summed E-state index contributed by atoms with van der Waals surface area (Å²) in [4.78, 5) is 4.35. The highest BCUT2D eigenvalue weighted by atomic mass is 16.5. The molecule has 1 aliphatic heterocycles. The Balaban J connectivity index is 2.09. The number of rotatable bonds is 3. The van der Waals surface area contributed by atoms with E-state index < -0.39 is 0 Å². The third-order valence-corrected chi connectivity index (χ3v) is 2.65. The van der Waals surface area contributed by atoms with Gasteiger partial charge in [-0.15, -0.1) is 0 Å². The lowest BCUT2D eigenvalue weighted by atomic mass is 10.1. The van der Waals surface area contributed by atoms with Gasteiger partial charge < -0.3 is 15.4 Å². The maximum atomic E-state index is 5.72. The van der Waals surface area contributed by atoms with Gasteiger partial charge in [0.25, 0.3) is 0 Å². The molecule has 0 amide bonds. The van der Waals surface area contributed by atoms with Crippen molar-refractivity contribution in [1.82, 2.24) is 15.6 Å². The highest BCUT2D eigenvalue weighted by molar-refractivity contribution is 5.10. The van der Waals surface area contributed by atoms with Crippen LogP contribution in [0.25, 0.3) is 0 Å². The number of ether oxygens (including phenoxy) is 1. The van der Waals surface area contributed by atoms with Crippen LogP contribution in [0.3, 0.4) is 0 Å². The Hall–Kier alpha value is -0.970. The minimum atomic E-state index is 0.165. The van der Waals surface area contributed by atoms with Crippen molar-refractivity contribution in [3.63, 3.8) is 0 Å². The lowest BCUT2D eigenvalue weighted by molar-refractivity contribution is 0.00449. The summed E-state index contributed by atoms with van der Waals surface area (Å²) >= 11 is 0. The maximum absolute atomic E-state index is 5.72. The van der Waals surface area contributed by atoms with E-state index in [0.717, 1.165) is 25.4 Å². The Morgan fingerprint density at radius 1 is 1.60 bits per heavy atom. The molecule has 2 unspecified atom stereocenters. The van der Waals surface area contributed by atoms with Gasteiger partial charge in [-0.25, -0.2) is 0 Å². The topological polar surface area (TPSA) is 46.2 Å². The molecule has 15 heavy (non-hydrogen) atoms. The van der Waals surface area contributed by atoms with Crippen molar-refractivity contribution >= 4 is 0 Å². The molecule has 4 heteroatoms. The summed E-state index contributed by atoms with van der Waals surface area (Å²) < 4.78 is 5.72. The van der Waals surface area contributed by atoms with Crippen LogP contribution in [0.2, 0.25) is 0 Å². The van der Waals surface area contributed by atoms with Gasteiger partial charge >= 0.3 is 0 Å². The van der Waals surface area contributed by atoms with Gasteiger partial charge in [-0.05, 0) is 19.2 Å². The standard InChI is InChI=1S/C11H17N3O/c1-12-11(9-4-2-3-5-14-9)10-8-13-6-7-15-10/h2-5,10-13H,6-8H2,1H3.